The van der Waals surface area contributed by atoms with Crippen LogP contribution in [-0.2, 0) is 19.2 Å². The van der Waals surface area contributed by atoms with Crippen LogP contribution >= 0.6 is 34.9 Å². The number of aromatic nitrogens is 3. The Morgan fingerprint density at radius 3 is 2.97 bits per heavy atom. The first-order valence-electron chi connectivity index (χ1n) is 10.5. The number of nitrogens with zero attached hydrogens (tertiary/aromatic N) is 5. The van der Waals surface area contributed by atoms with Gasteiger partial charge in [0.05, 0.1) is 5.03 Å². The van der Waals surface area contributed by atoms with Crippen molar-refractivity contribution >= 4 is 69.1 Å². The smallest absolute Gasteiger partial charge is 0.352 e. The number of anilines is 1. The van der Waals surface area contributed by atoms with Crippen molar-refractivity contribution in [3.63, 3.8) is 0 Å². The summed E-state index contributed by atoms with van der Waals surface area (Å²) in [7, 11) is 1.28. The second-order valence-electron chi connectivity index (χ2n) is 7.62. The van der Waals surface area contributed by atoms with Gasteiger partial charge in [0.15, 0.2) is 10.8 Å². The summed E-state index contributed by atoms with van der Waals surface area (Å²) in [6.45, 7) is 0. The number of hydrogen-bond donors (Lipinski definition) is 3. The van der Waals surface area contributed by atoms with Crippen molar-refractivity contribution in [3.05, 3.63) is 52.9 Å². The SMILES string of the molecule is CO/N=C(\C(=O)N[C@@H]1C(=O)N2C(C(=O)O)=C(CSc3cccc4nccn34)CS[C@@H]12)c1csc(N)n1. The first kappa shape index (κ1) is 24.1. The number of nitrogen functional groups attached to an aromatic ring is 1. The number of hydrogen-bond acceptors (Lipinski definition) is 11. The molecule has 0 aliphatic carbocycles. The second-order valence-corrected chi connectivity index (χ2v) is 10.6. The average Bonchev–Trinajstić information content (AvgIpc) is 3.52. The molecule has 0 saturated carbocycles. The van der Waals surface area contributed by atoms with Crippen molar-refractivity contribution in [2.24, 2.45) is 5.16 Å². The van der Waals surface area contributed by atoms with Gasteiger partial charge in [-0.15, -0.1) is 34.9 Å². The molecule has 5 heterocycles. The van der Waals surface area contributed by atoms with Crippen molar-refractivity contribution in [1.82, 2.24) is 24.6 Å². The van der Waals surface area contributed by atoms with Crippen molar-refractivity contribution in [2.75, 3.05) is 24.3 Å². The fraction of sp³-hybridized carbons (Fsp3) is 0.238. The number of pyridine rings is 1. The number of oxime groups is 1. The molecule has 12 nitrogen and oxygen atoms in total. The summed E-state index contributed by atoms with van der Waals surface area (Å²) in [6, 6.07) is 4.78. The lowest BCUT2D eigenvalue weighted by molar-refractivity contribution is -0.150. The minimum absolute atomic E-state index is 0.0439. The van der Waals surface area contributed by atoms with Crippen LogP contribution in [0.5, 0.6) is 0 Å². The third-order valence-electron chi connectivity index (χ3n) is 5.48. The molecule has 3 aromatic rings. The molecule has 2 atom stereocenters. The van der Waals surface area contributed by atoms with E-state index in [9.17, 15) is 19.5 Å². The highest BCUT2D eigenvalue weighted by Crippen LogP contribution is 2.41. The van der Waals surface area contributed by atoms with Crippen molar-refractivity contribution in [3.8, 4) is 0 Å². The number of aliphatic carboxylic acids is 1. The van der Waals surface area contributed by atoms with E-state index in [0.29, 0.717) is 17.1 Å². The molecule has 2 aliphatic rings. The third-order valence-corrected chi connectivity index (χ3v) is 8.62. The van der Waals surface area contributed by atoms with Gasteiger partial charge in [-0.1, -0.05) is 11.2 Å². The van der Waals surface area contributed by atoms with Gasteiger partial charge in [0.2, 0.25) is 0 Å². The van der Waals surface area contributed by atoms with E-state index < -0.39 is 29.2 Å². The Kier molecular flexibility index (Phi) is 6.59. The maximum Gasteiger partial charge on any atom is 0.352 e. The Bertz CT molecular complexity index is 1430. The first-order chi connectivity index (χ1) is 17.4. The fourth-order valence-electron chi connectivity index (χ4n) is 3.90. The highest BCUT2D eigenvalue weighted by molar-refractivity contribution is 8.01. The molecule has 186 valence electrons. The summed E-state index contributed by atoms with van der Waals surface area (Å²) in [5, 5.41) is 18.5. The van der Waals surface area contributed by atoms with Gasteiger partial charge >= 0.3 is 5.97 Å². The Hall–Kier alpha value is -3.56. The molecule has 1 fully saturated rings. The summed E-state index contributed by atoms with van der Waals surface area (Å²) in [5.74, 6) is -1.58. The number of fused-ring (bicyclic) bond motifs is 2. The highest BCUT2D eigenvalue weighted by atomic mass is 32.2. The number of thioether (sulfide) groups is 2. The van der Waals surface area contributed by atoms with E-state index in [0.717, 1.165) is 22.0 Å². The van der Waals surface area contributed by atoms with E-state index in [4.69, 9.17) is 10.6 Å². The van der Waals surface area contributed by atoms with E-state index in [1.165, 1.54) is 35.5 Å². The summed E-state index contributed by atoms with van der Waals surface area (Å²) < 4.78 is 1.92. The number of amides is 2. The molecule has 2 aliphatic heterocycles. The van der Waals surface area contributed by atoms with Gasteiger partial charge in [-0.05, 0) is 17.7 Å². The predicted octanol–water partition coefficient (Wildman–Crippen LogP) is 1.25. The van der Waals surface area contributed by atoms with Crippen LogP contribution in [0.3, 0.4) is 0 Å². The summed E-state index contributed by atoms with van der Waals surface area (Å²) in [5.41, 5.74) is 7.11. The molecule has 0 bridgehead atoms. The molecule has 0 radical (unpaired) electrons. The highest BCUT2D eigenvalue weighted by Gasteiger charge is 2.54. The number of β-lactam (4-membered cyclic amide) rings is 1. The number of carboxylic acid groups (broad SMARTS) is 1. The Morgan fingerprint density at radius 1 is 1.42 bits per heavy atom. The molecule has 2 amide bonds. The topological polar surface area (TPSA) is 165 Å². The summed E-state index contributed by atoms with van der Waals surface area (Å²) in [4.78, 5) is 52.3. The lowest BCUT2D eigenvalue weighted by atomic mass is 10.0. The number of rotatable bonds is 8. The Balaban J connectivity index is 1.32. The van der Waals surface area contributed by atoms with Crippen LogP contribution in [0.2, 0.25) is 0 Å². The fourth-order valence-corrected chi connectivity index (χ4v) is 6.95. The molecule has 15 heteroatoms. The summed E-state index contributed by atoms with van der Waals surface area (Å²) in [6.07, 6.45) is 3.53. The molecule has 36 heavy (non-hydrogen) atoms. The standard InChI is InChI=1S/C21H19N7O5S3/c1-33-26-14(11-9-36-21(22)24-11)17(29)25-15-18(30)28-16(20(31)32)10(8-35-19(15)28)7-34-13-4-2-3-12-23-5-6-27(12)13/h2-6,9,15,19H,7-8H2,1H3,(H2,22,24)(H,25,29)(H,31,32)/b26-14-/t15-,19+/m1/s1. The van der Waals surface area contributed by atoms with Crippen molar-refractivity contribution in [1.29, 1.82) is 0 Å². The van der Waals surface area contributed by atoms with E-state index in [2.05, 4.69) is 20.4 Å². The van der Waals surface area contributed by atoms with Crippen LogP contribution in [0, 0.1) is 0 Å². The van der Waals surface area contributed by atoms with E-state index in [1.54, 1.807) is 11.6 Å². The van der Waals surface area contributed by atoms with Crippen LogP contribution in [-0.4, -0.2) is 77.9 Å². The molecular weight excluding hydrogens is 526 g/mol. The van der Waals surface area contributed by atoms with Crippen molar-refractivity contribution in [2.45, 2.75) is 16.4 Å². The minimum atomic E-state index is -1.19. The third kappa shape index (κ3) is 4.29. The molecule has 4 N–H and O–H groups in total. The van der Waals surface area contributed by atoms with E-state index in [1.807, 2.05) is 28.8 Å². The Labute approximate surface area is 216 Å². The maximum atomic E-state index is 13.0. The number of thiazole rings is 1. The van der Waals surface area contributed by atoms with Gasteiger partial charge in [-0.25, -0.2) is 14.8 Å². The van der Waals surface area contributed by atoms with Crippen LogP contribution in [0.1, 0.15) is 5.69 Å². The molecule has 0 spiro atoms. The van der Waals surface area contributed by atoms with Crippen LogP contribution in [0.4, 0.5) is 5.13 Å². The average molecular weight is 546 g/mol. The predicted molar refractivity (Wildman–Crippen MR) is 136 cm³/mol. The lowest BCUT2D eigenvalue weighted by Crippen LogP contribution is -2.71. The van der Waals surface area contributed by atoms with E-state index >= 15 is 0 Å². The summed E-state index contributed by atoms with van der Waals surface area (Å²) >= 11 is 3.99. The second kappa shape index (κ2) is 9.83. The van der Waals surface area contributed by atoms with Gasteiger partial charge < -0.3 is 21.0 Å². The van der Waals surface area contributed by atoms with Crippen LogP contribution in [0.15, 0.2) is 57.4 Å². The Morgan fingerprint density at radius 2 is 2.25 bits per heavy atom. The van der Waals surface area contributed by atoms with Crippen LogP contribution < -0.4 is 11.1 Å². The van der Waals surface area contributed by atoms with Gasteiger partial charge in [-0.2, -0.15) is 0 Å². The zero-order chi connectivity index (χ0) is 25.4. The van der Waals surface area contributed by atoms with Gasteiger partial charge in [-0.3, -0.25) is 18.9 Å². The molecule has 5 rings (SSSR count). The molecular formula is C21H19N7O5S3. The molecule has 0 aromatic carbocycles. The van der Waals surface area contributed by atoms with Gasteiger partial charge in [0, 0.05) is 29.3 Å². The first-order valence-corrected chi connectivity index (χ1v) is 13.4. The number of nitrogens with one attached hydrogen (secondary N) is 1. The van der Waals surface area contributed by atoms with Crippen molar-refractivity contribution < 1.29 is 24.3 Å². The maximum absolute atomic E-state index is 13.0. The lowest BCUT2D eigenvalue weighted by Gasteiger charge is -2.49. The number of nitrogens with two attached hydrogens (primary N) is 1. The number of carbonyl (C=O) groups is 3. The molecule has 0 unspecified atom stereocenters. The number of carbonyl (C=O) groups excluding carboxylic acids is 2. The normalized spacial score (nSPS) is 19.8. The minimum Gasteiger partial charge on any atom is -0.477 e. The quantitative estimate of drug-likeness (QED) is 0.162. The number of imidazole rings is 1. The number of carboxylic acids is 1. The zero-order valence-electron chi connectivity index (χ0n) is 18.7. The van der Waals surface area contributed by atoms with Gasteiger partial charge in [0.1, 0.15) is 35.6 Å². The van der Waals surface area contributed by atoms with Gasteiger partial charge in [0.25, 0.3) is 11.8 Å². The van der Waals surface area contributed by atoms with Crippen LogP contribution in [0.25, 0.3) is 5.65 Å². The largest absolute Gasteiger partial charge is 0.477 e. The monoisotopic (exact) mass is 545 g/mol. The van der Waals surface area contributed by atoms with E-state index in [-0.39, 0.29) is 22.2 Å². The molecule has 1 saturated heterocycles. The molecule has 3 aromatic heterocycles. The zero-order valence-corrected chi connectivity index (χ0v) is 21.1.